The standard InChI is InChI=1S/C21H17N3O4S/c25-20(26)14-4-5-17-16(9-14)23-21(24(17)11-15-2-1-7-29-15)22-10-13-3-6-18-19(8-13)28-12-27-18/h1-9H,10-12H2,(H,22,23)(H,25,26). The Labute approximate surface area is 170 Å². The van der Waals surface area contributed by atoms with Crippen molar-refractivity contribution in [2.24, 2.45) is 0 Å². The molecule has 0 amide bonds. The van der Waals surface area contributed by atoms with Gasteiger partial charge in [0.1, 0.15) is 0 Å². The molecule has 2 aromatic heterocycles. The topological polar surface area (TPSA) is 85.6 Å². The highest BCUT2D eigenvalue weighted by molar-refractivity contribution is 7.09. The van der Waals surface area contributed by atoms with Gasteiger partial charge in [0.15, 0.2) is 11.5 Å². The molecule has 0 saturated carbocycles. The van der Waals surface area contributed by atoms with Crippen molar-refractivity contribution in [3.8, 4) is 11.5 Å². The van der Waals surface area contributed by atoms with Gasteiger partial charge in [-0.1, -0.05) is 12.1 Å². The fourth-order valence-electron chi connectivity index (χ4n) is 3.35. The second kappa shape index (κ2) is 7.14. The molecule has 2 N–H and O–H groups in total. The lowest BCUT2D eigenvalue weighted by Crippen LogP contribution is -2.08. The number of imidazole rings is 1. The molecule has 5 rings (SSSR count). The van der Waals surface area contributed by atoms with E-state index in [9.17, 15) is 9.90 Å². The molecule has 0 fully saturated rings. The number of nitrogens with zero attached hydrogens (tertiary/aromatic N) is 2. The van der Waals surface area contributed by atoms with Crippen molar-refractivity contribution in [1.82, 2.24) is 9.55 Å². The minimum atomic E-state index is -0.963. The van der Waals surface area contributed by atoms with Crippen LogP contribution in [-0.2, 0) is 13.1 Å². The average Bonchev–Trinajstić information content (AvgIpc) is 3.46. The van der Waals surface area contributed by atoms with Crippen LogP contribution in [0.3, 0.4) is 0 Å². The fourth-order valence-corrected chi connectivity index (χ4v) is 4.04. The van der Waals surface area contributed by atoms with Gasteiger partial charge in [0.2, 0.25) is 12.7 Å². The number of carboxylic acids is 1. The molecule has 0 radical (unpaired) electrons. The zero-order valence-corrected chi connectivity index (χ0v) is 16.1. The normalized spacial score (nSPS) is 12.4. The zero-order valence-electron chi connectivity index (χ0n) is 15.3. The summed E-state index contributed by atoms with van der Waals surface area (Å²) in [5.74, 6) is 1.21. The smallest absolute Gasteiger partial charge is 0.335 e. The first-order valence-corrected chi connectivity index (χ1v) is 9.94. The van der Waals surface area contributed by atoms with Crippen LogP contribution in [0, 0.1) is 0 Å². The third-order valence-electron chi connectivity index (χ3n) is 4.78. The van der Waals surface area contributed by atoms with Crippen molar-refractivity contribution >= 4 is 34.3 Å². The number of nitrogens with one attached hydrogen (secondary N) is 1. The second-order valence-corrected chi connectivity index (χ2v) is 7.68. The van der Waals surface area contributed by atoms with Crippen molar-refractivity contribution in [2.45, 2.75) is 13.1 Å². The lowest BCUT2D eigenvalue weighted by molar-refractivity contribution is 0.0697. The lowest BCUT2D eigenvalue weighted by atomic mass is 10.2. The monoisotopic (exact) mass is 407 g/mol. The minimum Gasteiger partial charge on any atom is -0.478 e. The molecule has 7 nitrogen and oxygen atoms in total. The first-order chi connectivity index (χ1) is 14.2. The highest BCUT2D eigenvalue weighted by Gasteiger charge is 2.16. The maximum absolute atomic E-state index is 11.3. The van der Waals surface area contributed by atoms with E-state index < -0.39 is 5.97 Å². The molecular weight excluding hydrogens is 390 g/mol. The van der Waals surface area contributed by atoms with E-state index in [1.807, 2.05) is 35.7 Å². The average molecular weight is 407 g/mol. The number of rotatable bonds is 6. The van der Waals surface area contributed by atoms with E-state index in [2.05, 4.69) is 20.9 Å². The van der Waals surface area contributed by atoms with Gasteiger partial charge in [0, 0.05) is 11.4 Å². The molecule has 2 aromatic carbocycles. The first-order valence-electron chi connectivity index (χ1n) is 9.06. The van der Waals surface area contributed by atoms with Crippen molar-refractivity contribution in [1.29, 1.82) is 0 Å². The van der Waals surface area contributed by atoms with Crippen LogP contribution in [0.2, 0.25) is 0 Å². The molecule has 1 aliphatic rings. The van der Waals surface area contributed by atoms with Crippen LogP contribution in [0.15, 0.2) is 53.9 Å². The highest BCUT2D eigenvalue weighted by atomic mass is 32.1. The largest absolute Gasteiger partial charge is 0.478 e. The SMILES string of the molecule is O=C(O)c1ccc2c(c1)nc(NCc1ccc3c(c1)OCO3)n2Cc1cccs1. The van der Waals surface area contributed by atoms with Crippen LogP contribution in [0.4, 0.5) is 5.95 Å². The van der Waals surface area contributed by atoms with E-state index in [1.165, 1.54) is 4.88 Å². The van der Waals surface area contributed by atoms with E-state index >= 15 is 0 Å². The minimum absolute atomic E-state index is 0.223. The Morgan fingerprint density at radius 1 is 1.17 bits per heavy atom. The van der Waals surface area contributed by atoms with E-state index in [0.717, 1.165) is 22.6 Å². The number of fused-ring (bicyclic) bond motifs is 2. The number of anilines is 1. The van der Waals surface area contributed by atoms with Gasteiger partial charge >= 0.3 is 5.97 Å². The Hall–Kier alpha value is -3.52. The van der Waals surface area contributed by atoms with E-state index in [0.29, 0.717) is 24.6 Å². The van der Waals surface area contributed by atoms with Crippen molar-refractivity contribution in [2.75, 3.05) is 12.1 Å². The zero-order chi connectivity index (χ0) is 19.8. The van der Waals surface area contributed by atoms with Crippen LogP contribution >= 0.6 is 11.3 Å². The van der Waals surface area contributed by atoms with E-state index in [-0.39, 0.29) is 12.4 Å². The number of carboxylic acid groups (broad SMARTS) is 1. The van der Waals surface area contributed by atoms with Gasteiger partial charge in [-0.15, -0.1) is 11.3 Å². The van der Waals surface area contributed by atoms with Gasteiger partial charge in [-0.2, -0.15) is 0 Å². The van der Waals surface area contributed by atoms with Gasteiger partial charge in [-0.3, -0.25) is 0 Å². The van der Waals surface area contributed by atoms with Gasteiger partial charge < -0.3 is 24.5 Å². The molecule has 29 heavy (non-hydrogen) atoms. The lowest BCUT2D eigenvalue weighted by Gasteiger charge is -2.10. The second-order valence-electron chi connectivity index (χ2n) is 6.65. The summed E-state index contributed by atoms with van der Waals surface area (Å²) < 4.78 is 12.9. The molecule has 3 heterocycles. The maximum atomic E-state index is 11.3. The predicted molar refractivity (Wildman–Crippen MR) is 110 cm³/mol. The quantitative estimate of drug-likeness (QED) is 0.499. The molecule has 0 aliphatic carbocycles. The molecule has 0 unspecified atom stereocenters. The summed E-state index contributed by atoms with van der Waals surface area (Å²) in [6, 6.07) is 14.9. The van der Waals surface area contributed by atoms with Crippen LogP contribution in [0.1, 0.15) is 20.8 Å². The number of thiophene rings is 1. The number of aromatic carboxylic acids is 1. The fraction of sp³-hybridized carbons (Fsp3) is 0.143. The Balaban J connectivity index is 1.48. The summed E-state index contributed by atoms with van der Waals surface area (Å²) in [6.45, 7) is 1.45. The molecule has 1 aliphatic heterocycles. The highest BCUT2D eigenvalue weighted by Crippen LogP contribution is 2.33. The Morgan fingerprint density at radius 2 is 2.07 bits per heavy atom. The van der Waals surface area contributed by atoms with Gasteiger partial charge in [0.25, 0.3) is 0 Å². The Morgan fingerprint density at radius 3 is 2.90 bits per heavy atom. The van der Waals surface area contributed by atoms with Crippen LogP contribution in [-0.4, -0.2) is 27.4 Å². The molecule has 0 saturated heterocycles. The van der Waals surface area contributed by atoms with Crippen LogP contribution in [0.5, 0.6) is 11.5 Å². The molecular formula is C21H17N3O4S. The molecule has 0 spiro atoms. The van der Waals surface area contributed by atoms with Gasteiger partial charge in [-0.25, -0.2) is 9.78 Å². The number of benzene rings is 2. The van der Waals surface area contributed by atoms with E-state index in [1.54, 1.807) is 23.5 Å². The molecule has 0 bridgehead atoms. The van der Waals surface area contributed by atoms with Crippen molar-refractivity contribution in [3.05, 3.63) is 69.9 Å². The Kier molecular flexibility index (Phi) is 4.33. The Bertz CT molecular complexity index is 1200. The van der Waals surface area contributed by atoms with Gasteiger partial charge in [-0.05, 0) is 47.3 Å². The number of ether oxygens (including phenoxy) is 2. The van der Waals surface area contributed by atoms with Gasteiger partial charge in [0.05, 0.1) is 23.1 Å². The summed E-state index contributed by atoms with van der Waals surface area (Å²) >= 11 is 1.67. The first kappa shape index (κ1) is 17.6. The third-order valence-corrected chi connectivity index (χ3v) is 5.64. The molecule has 4 aromatic rings. The summed E-state index contributed by atoms with van der Waals surface area (Å²) in [6.07, 6.45) is 0. The predicted octanol–water partition coefficient (Wildman–Crippen LogP) is 4.19. The third kappa shape index (κ3) is 3.38. The maximum Gasteiger partial charge on any atom is 0.335 e. The van der Waals surface area contributed by atoms with Crippen molar-refractivity contribution < 1.29 is 19.4 Å². The number of aromatic nitrogens is 2. The molecule has 8 heteroatoms. The molecule has 146 valence electrons. The summed E-state index contributed by atoms with van der Waals surface area (Å²) in [4.78, 5) is 17.2. The van der Waals surface area contributed by atoms with E-state index in [4.69, 9.17) is 9.47 Å². The van der Waals surface area contributed by atoms with Crippen molar-refractivity contribution in [3.63, 3.8) is 0 Å². The molecule has 0 atom stereocenters. The summed E-state index contributed by atoms with van der Waals surface area (Å²) in [5.41, 5.74) is 2.79. The summed E-state index contributed by atoms with van der Waals surface area (Å²) in [7, 11) is 0. The number of hydrogen-bond acceptors (Lipinski definition) is 6. The number of carbonyl (C=O) groups is 1. The number of hydrogen-bond donors (Lipinski definition) is 2. The van der Waals surface area contributed by atoms with Crippen LogP contribution in [0.25, 0.3) is 11.0 Å². The van der Waals surface area contributed by atoms with Crippen LogP contribution < -0.4 is 14.8 Å². The summed E-state index contributed by atoms with van der Waals surface area (Å²) in [5, 5.41) is 14.7.